The second-order valence-corrected chi connectivity index (χ2v) is 6.10. The van der Waals surface area contributed by atoms with E-state index >= 15 is 0 Å². The maximum Gasteiger partial charge on any atom is 0.284 e. The maximum absolute atomic E-state index is 12.1. The number of hydrogen-bond acceptors (Lipinski definition) is 4. The molecule has 0 bridgehead atoms. The van der Waals surface area contributed by atoms with Gasteiger partial charge >= 0.3 is 0 Å². The van der Waals surface area contributed by atoms with Crippen LogP contribution in [-0.4, -0.2) is 36.8 Å². The van der Waals surface area contributed by atoms with Crippen LogP contribution in [0.2, 0.25) is 0 Å². The Morgan fingerprint density at radius 2 is 2.25 bits per heavy atom. The minimum absolute atomic E-state index is 0.228. The molecule has 1 aromatic heterocycles. The predicted octanol–water partition coefficient (Wildman–Crippen LogP) is 3.17. The third kappa shape index (κ3) is 5.07. The molecular formula is C14H22F2N2OS. The third-order valence-corrected chi connectivity index (χ3v) is 4.32. The molecular weight excluding hydrogens is 282 g/mol. The molecule has 3 nitrogen and oxygen atoms in total. The number of rotatable bonds is 8. The van der Waals surface area contributed by atoms with Gasteiger partial charge in [0.25, 0.3) is 5.76 Å². The first-order valence-corrected chi connectivity index (χ1v) is 8.12. The van der Waals surface area contributed by atoms with Crippen LogP contribution in [0, 0.1) is 5.92 Å². The molecule has 0 saturated carbocycles. The summed E-state index contributed by atoms with van der Waals surface area (Å²) in [5.41, 5.74) is 0. The first-order valence-electron chi connectivity index (χ1n) is 7.07. The Hall–Kier alpha value is -0.590. The molecule has 1 aliphatic heterocycles. The van der Waals surface area contributed by atoms with Gasteiger partial charge in [-0.15, -0.1) is 0 Å². The van der Waals surface area contributed by atoms with Crippen molar-refractivity contribution >= 4 is 11.8 Å². The Bertz CT molecular complexity index is 400. The van der Waals surface area contributed by atoms with Crippen molar-refractivity contribution in [3.63, 3.8) is 0 Å². The fourth-order valence-corrected chi connectivity index (χ4v) is 2.95. The molecule has 20 heavy (non-hydrogen) atoms. The van der Waals surface area contributed by atoms with E-state index in [2.05, 4.69) is 17.1 Å². The van der Waals surface area contributed by atoms with Crippen molar-refractivity contribution in [1.29, 1.82) is 0 Å². The molecule has 6 heteroatoms. The molecule has 0 radical (unpaired) electrons. The van der Waals surface area contributed by atoms with Gasteiger partial charge in [-0.3, -0.25) is 0 Å². The van der Waals surface area contributed by atoms with E-state index in [1.165, 1.54) is 13.0 Å². The summed E-state index contributed by atoms with van der Waals surface area (Å²) in [4.78, 5) is 2.46. The summed E-state index contributed by atoms with van der Waals surface area (Å²) < 4.78 is 29.7. The van der Waals surface area contributed by atoms with E-state index in [1.54, 1.807) is 6.07 Å². The topological polar surface area (TPSA) is 28.4 Å². The van der Waals surface area contributed by atoms with Crippen molar-refractivity contribution in [1.82, 2.24) is 10.2 Å². The minimum atomic E-state index is -2.34. The van der Waals surface area contributed by atoms with Gasteiger partial charge in [-0.2, -0.15) is 8.78 Å². The predicted molar refractivity (Wildman–Crippen MR) is 77.9 cm³/mol. The van der Waals surface area contributed by atoms with Gasteiger partial charge in [0.2, 0.25) is 0 Å². The van der Waals surface area contributed by atoms with Gasteiger partial charge in [-0.05, 0) is 44.1 Å². The lowest BCUT2D eigenvalue weighted by Gasteiger charge is -2.13. The van der Waals surface area contributed by atoms with Crippen LogP contribution in [0.3, 0.4) is 0 Å². The number of hydrogen-bond donors (Lipinski definition) is 1. The molecule has 1 aliphatic rings. The van der Waals surface area contributed by atoms with Crippen LogP contribution < -0.4 is 5.32 Å². The molecule has 2 rings (SSSR count). The molecule has 0 spiro atoms. The maximum atomic E-state index is 12.1. The van der Waals surface area contributed by atoms with Gasteiger partial charge in [0, 0.05) is 6.54 Å². The van der Waals surface area contributed by atoms with E-state index < -0.39 is 5.76 Å². The van der Waals surface area contributed by atoms with Gasteiger partial charge in [0.05, 0.1) is 12.3 Å². The quantitative estimate of drug-likeness (QED) is 0.798. The normalized spacial score (nSPS) is 20.1. The summed E-state index contributed by atoms with van der Waals surface area (Å²) in [6, 6.07) is 3.64. The summed E-state index contributed by atoms with van der Waals surface area (Å²) >= 11 is 0.592. The molecule has 1 aromatic rings. The van der Waals surface area contributed by atoms with Crippen LogP contribution in [0.4, 0.5) is 8.78 Å². The third-order valence-electron chi connectivity index (χ3n) is 3.62. The number of nitrogens with one attached hydrogen (secondary N) is 1. The number of furan rings is 1. The van der Waals surface area contributed by atoms with Crippen LogP contribution >= 0.6 is 11.8 Å². The summed E-state index contributed by atoms with van der Waals surface area (Å²) in [5.74, 6) is 0.0285. The molecule has 0 aromatic carbocycles. The van der Waals surface area contributed by atoms with Crippen LogP contribution in [0.1, 0.15) is 24.9 Å². The minimum Gasteiger partial charge on any atom is -0.464 e. The van der Waals surface area contributed by atoms with Crippen LogP contribution in [0.15, 0.2) is 16.5 Å². The van der Waals surface area contributed by atoms with E-state index in [0.717, 1.165) is 25.4 Å². The Kier molecular flexibility index (Phi) is 6.32. The monoisotopic (exact) mass is 304 g/mol. The molecule has 1 N–H and O–H groups in total. The molecule has 0 aliphatic carbocycles. The largest absolute Gasteiger partial charge is 0.464 e. The first-order chi connectivity index (χ1) is 9.67. The Labute approximate surface area is 123 Å². The number of likely N-dealkylation sites (tertiary alicyclic amines) is 1. The summed E-state index contributed by atoms with van der Waals surface area (Å²) in [6.45, 7) is 7.33. The summed E-state index contributed by atoms with van der Waals surface area (Å²) in [6.07, 6.45) is 1.25. The average molecular weight is 304 g/mol. The lowest BCUT2D eigenvalue weighted by molar-refractivity contribution is 0.251. The second-order valence-electron chi connectivity index (χ2n) is 5.12. The van der Waals surface area contributed by atoms with E-state index in [4.69, 9.17) is 4.42 Å². The zero-order valence-corrected chi connectivity index (χ0v) is 12.6. The van der Waals surface area contributed by atoms with E-state index in [-0.39, 0.29) is 5.75 Å². The lowest BCUT2D eigenvalue weighted by Crippen LogP contribution is -2.26. The van der Waals surface area contributed by atoms with Gasteiger partial charge in [0.15, 0.2) is 0 Å². The van der Waals surface area contributed by atoms with E-state index in [1.807, 2.05) is 6.07 Å². The number of thioether (sulfide) groups is 1. The fourth-order valence-electron chi connectivity index (χ4n) is 2.51. The Balaban J connectivity index is 1.64. The highest BCUT2D eigenvalue weighted by Gasteiger charge is 2.20. The van der Waals surface area contributed by atoms with Crippen molar-refractivity contribution in [3.05, 3.63) is 23.7 Å². The van der Waals surface area contributed by atoms with Crippen LogP contribution in [-0.2, 0) is 12.3 Å². The molecule has 1 unspecified atom stereocenters. The number of nitrogens with zero attached hydrogens (tertiary/aromatic N) is 1. The highest BCUT2D eigenvalue weighted by atomic mass is 32.2. The molecule has 2 heterocycles. The molecule has 1 fully saturated rings. The van der Waals surface area contributed by atoms with Gasteiger partial charge in [-0.25, -0.2) is 0 Å². The Morgan fingerprint density at radius 1 is 1.45 bits per heavy atom. The number of halogens is 2. The molecule has 0 amide bonds. The average Bonchev–Trinajstić information content (AvgIpc) is 3.05. The first kappa shape index (κ1) is 15.8. The van der Waals surface area contributed by atoms with Crippen molar-refractivity contribution in [2.75, 3.05) is 26.2 Å². The highest BCUT2D eigenvalue weighted by Crippen LogP contribution is 2.21. The van der Waals surface area contributed by atoms with Gasteiger partial charge < -0.3 is 14.6 Å². The highest BCUT2D eigenvalue weighted by molar-refractivity contribution is 7.98. The van der Waals surface area contributed by atoms with Crippen LogP contribution in [0.5, 0.6) is 0 Å². The summed E-state index contributed by atoms with van der Waals surface area (Å²) in [7, 11) is 0. The lowest BCUT2D eigenvalue weighted by atomic mass is 10.1. The van der Waals surface area contributed by atoms with Crippen LogP contribution in [0.25, 0.3) is 0 Å². The Morgan fingerprint density at radius 3 is 2.95 bits per heavy atom. The van der Waals surface area contributed by atoms with Gasteiger partial charge in [0.1, 0.15) is 11.5 Å². The SMILES string of the molecule is CCN1CCC(CNCc2ccc(CSC(F)F)o2)C1. The van der Waals surface area contributed by atoms with Crippen molar-refractivity contribution in [3.8, 4) is 0 Å². The summed E-state index contributed by atoms with van der Waals surface area (Å²) in [5, 5.41) is 3.39. The zero-order valence-electron chi connectivity index (χ0n) is 11.8. The zero-order chi connectivity index (χ0) is 14.4. The van der Waals surface area contributed by atoms with Crippen molar-refractivity contribution in [2.24, 2.45) is 5.92 Å². The van der Waals surface area contributed by atoms with Gasteiger partial charge in [-0.1, -0.05) is 18.7 Å². The smallest absolute Gasteiger partial charge is 0.284 e. The second kappa shape index (κ2) is 8.00. The fraction of sp³-hybridized carbons (Fsp3) is 0.714. The van der Waals surface area contributed by atoms with E-state index in [9.17, 15) is 8.78 Å². The molecule has 114 valence electrons. The van der Waals surface area contributed by atoms with Crippen molar-refractivity contribution in [2.45, 2.75) is 31.4 Å². The van der Waals surface area contributed by atoms with E-state index in [0.29, 0.717) is 30.0 Å². The molecule has 1 atom stereocenters. The van der Waals surface area contributed by atoms with Crippen molar-refractivity contribution < 1.29 is 13.2 Å². The standard InChI is InChI=1S/C14H22F2N2OS/c1-2-18-6-5-11(9-18)7-17-8-12-3-4-13(19-12)10-20-14(15)16/h3-4,11,14,17H,2,5-10H2,1H3. The number of alkyl halides is 2. The molecule has 1 saturated heterocycles.